The fourth-order valence-corrected chi connectivity index (χ4v) is 5.31. The van der Waals surface area contributed by atoms with Gasteiger partial charge in [0.2, 0.25) is 5.91 Å². The molecule has 0 saturated heterocycles. The van der Waals surface area contributed by atoms with Gasteiger partial charge in [-0.25, -0.2) is 5.43 Å². The number of hydrazone groups is 1. The number of rotatable bonds is 7. The predicted molar refractivity (Wildman–Crippen MR) is 152 cm³/mol. The molecule has 7 heteroatoms. The van der Waals surface area contributed by atoms with E-state index in [4.69, 9.17) is 16.3 Å². The summed E-state index contributed by atoms with van der Waals surface area (Å²) in [5.41, 5.74) is 6.85. The Balaban J connectivity index is 1.56. The molecule has 0 bridgehead atoms. The Morgan fingerprint density at radius 3 is 2.15 bits per heavy atom. The first-order valence-electron chi connectivity index (χ1n) is 10.4. The zero-order valence-corrected chi connectivity index (χ0v) is 23.7. The minimum Gasteiger partial charge on any atom is -0.487 e. The maximum Gasteiger partial charge on any atom is 0.244 e. The Kier molecular flexibility index (Phi) is 9.17. The Hall–Kier alpha value is -1.65. The lowest BCUT2D eigenvalue weighted by atomic mass is 9.86. The number of halogens is 3. The zero-order valence-electron chi connectivity index (χ0n) is 18.7. The van der Waals surface area contributed by atoms with Crippen molar-refractivity contribution in [2.45, 2.75) is 39.2 Å². The smallest absolute Gasteiger partial charge is 0.244 e. The topological polar surface area (TPSA) is 50.7 Å². The van der Waals surface area contributed by atoms with E-state index in [9.17, 15) is 4.79 Å². The molecule has 0 heterocycles. The van der Waals surface area contributed by atoms with Gasteiger partial charge in [-0.05, 0) is 97.1 Å². The SMILES string of the molecule is CC(C)(C)c1ccc(CC(=O)N/N=C\c2cc(I)c(OCc3ccc(Cl)cc3)c(I)c2)cc1. The Morgan fingerprint density at radius 2 is 1.58 bits per heavy atom. The van der Waals surface area contributed by atoms with E-state index in [1.54, 1.807) is 6.21 Å². The van der Waals surface area contributed by atoms with E-state index >= 15 is 0 Å². The van der Waals surface area contributed by atoms with Crippen LogP contribution in [-0.2, 0) is 23.2 Å². The van der Waals surface area contributed by atoms with Gasteiger partial charge in [0.1, 0.15) is 12.4 Å². The number of hydrogen-bond donors (Lipinski definition) is 1. The van der Waals surface area contributed by atoms with Gasteiger partial charge in [0.25, 0.3) is 0 Å². The fraction of sp³-hybridized carbons (Fsp3) is 0.231. The summed E-state index contributed by atoms with van der Waals surface area (Å²) in [7, 11) is 0. The Bertz CT molecular complexity index is 1120. The van der Waals surface area contributed by atoms with E-state index in [0.29, 0.717) is 11.6 Å². The van der Waals surface area contributed by atoms with Crippen molar-refractivity contribution in [2.75, 3.05) is 0 Å². The van der Waals surface area contributed by atoms with Crippen molar-refractivity contribution >= 4 is 68.9 Å². The van der Waals surface area contributed by atoms with Crippen LogP contribution in [0.3, 0.4) is 0 Å². The van der Waals surface area contributed by atoms with E-state index in [2.05, 4.69) is 88.6 Å². The molecular formula is C26H25ClI2N2O2. The van der Waals surface area contributed by atoms with E-state index in [0.717, 1.165) is 29.6 Å². The van der Waals surface area contributed by atoms with Crippen LogP contribution in [0.2, 0.25) is 5.02 Å². The average molecular weight is 687 g/mol. The molecule has 0 aliphatic rings. The molecule has 3 rings (SSSR count). The quantitative estimate of drug-likeness (QED) is 0.164. The summed E-state index contributed by atoms with van der Waals surface area (Å²) in [5.74, 6) is 0.674. The van der Waals surface area contributed by atoms with Crippen molar-refractivity contribution in [3.05, 3.63) is 95.1 Å². The lowest BCUT2D eigenvalue weighted by molar-refractivity contribution is -0.120. The minimum atomic E-state index is -0.151. The number of ether oxygens (including phenoxy) is 1. The monoisotopic (exact) mass is 686 g/mol. The second-order valence-electron chi connectivity index (χ2n) is 8.65. The minimum absolute atomic E-state index is 0.0938. The lowest BCUT2D eigenvalue weighted by Crippen LogP contribution is -2.20. The number of benzene rings is 3. The summed E-state index contributed by atoms with van der Waals surface area (Å²) >= 11 is 10.4. The Morgan fingerprint density at radius 1 is 1.00 bits per heavy atom. The van der Waals surface area contributed by atoms with Crippen LogP contribution in [0.4, 0.5) is 0 Å². The molecule has 0 aliphatic carbocycles. The third-order valence-electron chi connectivity index (χ3n) is 4.90. The predicted octanol–water partition coefficient (Wildman–Crippen LogP) is 7.12. The second kappa shape index (κ2) is 11.7. The first-order chi connectivity index (χ1) is 15.6. The summed E-state index contributed by atoms with van der Waals surface area (Å²) in [6, 6.07) is 19.7. The summed E-state index contributed by atoms with van der Waals surface area (Å²) in [5, 5.41) is 4.83. The van der Waals surface area contributed by atoms with Crippen molar-refractivity contribution < 1.29 is 9.53 Å². The maximum absolute atomic E-state index is 12.3. The van der Waals surface area contributed by atoms with Crippen LogP contribution in [0.5, 0.6) is 5.75 Å². The van der Waals surface area contributed by atoms with Gasteiger partial charge in [-0.15, -0.1) is 0 Å². The zero-order chi connectivity index (χ0) is 24.0. The standard InChI is InChI=1S/C26H25ClI2N2O2/c1-26(2,3)20-8-4-17(5-9-20)14-24(32)31-30-15-19-12-22(28)25(23(29)13-19)33-16-18-6-10-21(27)11-7-18/h4-13,15H,14,16H2,1-3H3,(H,31,32)/b30-15-. The van der Waals surface area contributed by atoms with E-state index in [-0.39, 0.29) is 17.7 Å². The van der Waals surface area contributed by atoms with Gasteiger partial charge in [-0.2, -0.15) is 5.10 Å². The van der Waals surface area contributed by atoms with Gasteiger partial charge in [0.15, 0.2) is 0 Å². The van der Waals surface area contributed by atoms with Crippen LogP contribution in [-0.4, -0.2) is 12.1 Å². The van der Waals surface area contributed by atoms with Crippen LogP contribution in [0.15, 0.2) is 65.8 Å². The van der Waals surface area contributed by atoms with Gasteiger partial charge >= 0.3 is 0 Å². The molecule has 4 nitrogen and oxygen atoms in total. The largest absolute Gasteiger partial charge is 0.487 e. The molecule has 1 amide bonds. The van der Waals surface area contributed by atoms with Crippen molar-refractivity contribution in [1.82, 2.24) is 5.43 Å². The van der Waals surface area contributed by atoms with E-state index in [1.807, 2.05) is 48.5 Å². The number of amides is 1. The van der Waals surface area contributed by atoms with Crippen molar-refractivity contribution in [2.24, 2.45) is 5.10 Å². The number of hydrogen-bond acceptors (Lipinski definition) is 3. The van der Waals surface area contributed by atoms with Crippen LogP contribution in [0.25, 0.3) is 0 Å². The van der Waals surface area contributed by atoms with Crippen molar-refractivity contribution in [3.63, 3.8) is 0 Å². The van der Waals surface area contributed by atoms with Crippen LogP contribution in [0.1, 0.15) is 43.0 Å². The lowest BCUT2D eigenvalue weighted by Gasteiger charge is -2.19. The third-order valence-corrected chi connectivity index (χ3v) is 6.76. The molecule has 33 heavy (non-hydrogen) atoms. The fourth-order valence-electron chi connectivity index (χ4n) is 3.05. The molecule has 0 fully saturated rings. The maximum atomic E-state index is 12.3. The second-order valence-corrected chi connectivity index (χ2v) is 11.4. The van der Waals surface area contributed by atoms with Gasteiger partial charge in [0.05, 0.1) is 19.8 Å². The summed E-state index contributed by atoms with van der Waals surface area (Å²) in [4.78, 5) is 12.3. The first kappa shape index (κ1) is 26.0. The highest BCUT2D eigenvalue weighted by atomic mass is 127. The normalized spacial score (nSPS) is 11.6. The molecule has 172 valence electrons. The molecule has 0 aromatic heterocycles. The van der Waals surface area contributed by atoms with Crippen LogP contribution >= 0.6 is 56.8 Å². The molecule has 0 aliphatic heterocycles. The third kappa shape index (κ3) is 7.96. The Labute approximate surface area is 227 Å². The van der Waals surface area contributed by atoms with Crippen molar-refractivity contribution in [3.8, 4) is 5.75 Å². The molecule has 0 radical (unpaired) electrons. The highest BCUT2D eigenvalue weighted by Crippen LogP contribution is 2.29. The number of nitrogens with one attached hydrogen (secondary N) is 1. The first-order valence-corrected chi connectivity index (χ1v) is 12.9. The molecule has 0 atom stereocenters. The molecule has 3 aromatic rings. The summed E-state index contributed by atoms with van der Waals surface area (Å²) in [6.07, 6.45) is 1.93. The van der Waals surface area contributed by atoms with Crippen molar-refractivity contribution in [1.29, 1.82) is 0 Å². The van der Waals surface area contributed by atoms with E-state index < -0.39 is 0 Å². The van der Waals surface area contributed by atoms with Gasteiger partial charge in [-0.3, -0.25) is 4.79 Å². The molecule has 0 saturated carbocycles. The highest BCUT2D eigenvalue weighted by Gasteiger charge is 2.13. The number of nitrogens with zero attached hydrogens (tertiary/aromatic N) is 1. The molecule has 1 N–H and O–H groups in total. The van der Waals surface area contributed by atoms with Gasteiger partial charge < -0.3 is 4.74 Å². The van der Waals surface area contributed by atoms with Crippen LogP contribution < -0.4 is 10.2 Å². The molecular weight excluding hydrogens is 662 g/mol. The molecule has 3 aromatic carbocycles. The highest BCUT2D eigenvalue weighted by molar-refractivity contribution is 14.1. The van der Waals surface area contributed by atoms with E-state index in [1.165, 1.54) is 5.56 Å². The molecule has 0 spiro atoms. The number of carbonyl (C=O) groups excluding carboxylic acids is 1. The van der Waals surface area contributed by atoms with Crippen LogP contribution in [0, 0.1) is 7.14 Å². The van der Waals surface area contributed by atoms with Gasteiger partial charge in [-0.1, -0.05) is 68.8 Å². The number of carbonyl (C=O) groups is 1. The average Bonchev–Trinajstić information content (AvgIpc) is 2.74. The summed E-state index contributed by atoms with van der Waals surface area (Å²) < 4.78 is 7.96. The summed E-state index contributed by atoms with van der Waals surface area (Å²) in [6.45, 7) is 6.97. The van der Waals surface area contributed by atoms with Gasteiger partial charge in [0, 0.05) is 5.02 Å². The molecule has 0 unspecified atom stereocenters.